The van der Waals surface area contributed by atoms with Crippen LogP contribution in [0.25, 0.3) is 0 Å². The number of ketones is 1. The molecule has 1 aliphatic rings. The Balaban J connectivity index is 2.69. The summed E-state index contributed by atoms with van der Waals surface area (Å²) in [5, 5.41) is 0. The van der Waals surface area contributed by atoms with Gasteiger partial charge in [-0.05, 0) is 19.8 Å². The maximum absolute atomic E-state index is 11.6. The Morgan fingerprint density at radius 1 is 1.27 bits per heavy atom. The van der Waals surface area contributed by atoms with Crippen molar-refractivity contribution in [2.45, 2.75) is 39.0 Å². The van der Waals surface area contributed by atoms with Crippen molar-refractivity contribution in [1.82, 2.24) is 0 Å². The number of carbonyl (C=O) groups excluding carboxylic acids is 1. The minimum absolute atomic E-state index is 0.0150. The molecule has 0 amide bonds. The SMILES string of the molecule is CC(=O)C1(COS(C)(=O)=O)CCCCC1. The van der Waals surface area contributed by atoms with Crippen LogP contribution in [-0.2, 0) is 19.1 Å². The lowest BCUT2D eigenvalue weighted by Gasteiger charge is -2.33. The third kappa shape index (κ3) is 3.57. The first-order chi connectivity index (χ1) is 6.86. The van der Waals surface area contributed by atoms with Gasteiger partial charge in [-0.2, -0.15) is 8.42 Å². The molecular weight excluding hydrogens is 216 g/mol. The summed E-state index contributed by atoms with van der Waals surface area (Å²) in [6.45, 7) is 1.54. The van der Waals surface area contributed by atoms with Gasteiger partial charge in [0.05, 0.1) is 18.3 Å². The molecule has 1 aliphatic carbocycles. The third-order valence-corrected chi connectivity index (χ3v) is 3.65. The normalized spacial score (nSPS) is 21.2. The van der Waals surface area contributed by atoms with E-state index in [0.29, 0.717) is 0 Å². The molecular formula is C10H18O4S. The van der Waals surface area contributed by atoms with Crippen LogP contribution in [0.15, 0.2) is 0 Å². The van der Waals surface area contributed by atoms with Crippen LogP contribution in [0.1, 0.15) is 39.0 Å². The molecule has 5 heteroatoms. The second-order valence-electron chi connectivity index (χ2n) is 4.36. The van der Waals surface area contributed by atoms with Crippen molar-refractivity contribution in [2.24, 2.45) is 5.41 Å². The fraction of sp³-hybridized carbons (Fsp3) is 0.900. The van der Waals surface area contributed by atoms with E-state index in [-0.39, 0.29) is 12.4 Å². The van der Waals surface area contributed by atoms with Crippen LogP contribution in [0.2, 0.25) is 0 Å². The van der Waals surface area contributed by atoms with Crippen molar-refractivity contribution >= 4 is 15.9 Å². The Morgan fingerprint density at radius 2 is 1.80 bits per heavy atom. The van der Waals surface area contributed by atoms with Crippen LogP contribution in [0.4, 0.5) is 0 Å². The molecule has 4 nitrogen and oxygen atoms in total. The van der Waals surface area contributed by atoms with Gasteiger partial charge in [0.15, 0.2) is 0 Å². The number of carbonyl (C=O) groups is 1. The van der Waals surface area contributed by atoms with Crippen LogP contribution in [0, 0.1) is 5.41 Å². The average Bonchev–Trinajstić information content (AvgIpc) is 2.15. The molecule has 0 aromatic heterocycles. The standard InChI is InChI=1S/C10H18O4S/c1-9(11)10(6-4-3-5-7-10)8-14-15(2,12)13/h3-8H2,1-2H3. The first kappa shape index (κ1) is 12.6. The van der Waals surface area contributed by atoms with Gasteiger partial charge in [-0.3, -0.25) is 8.98 Å². The maximum atomic E-state index is 11.6. The Morgan fingerprint density at radius 3 is 2.20 bits per heavy atom. The van der Waals surface area contributed by atoms with E-state index in [4.69, 9.17) is 4.18 Å². The number of hydrogen-bond acceptors (Lipinski definition) is 4. The molecule has 0 aromatic carbocycles. The number of Topliss-reactive ketones (excluding diaryl/α,β-unsaturated/α-hetero) is 1. The van der Waals surface area contributed by atoms with Crippen LogP contribution in [0.5, 0.6) is 0 Å². The van der Waals surface area contributed by atoms with E-state index < -0.39 is 15.5 Å². The predicted octanol–water partition coefficient (Wildman–Crippen LogP) is 1.50. The van der Waals surface area contributed by atoms with Gasteiger partial charge in [0.25, 0.3) is 10.1 Å². The highest BCUT2D eigenvalue weighted by atomic mass is 32.2. The van der Waals surface area contributed by atoms with Gasteiger partial charge in [0.1, 0.15) is 5.78 Å². The minimum atomic E-state index is -3.45. The molecule has 0 saturated heterocycles. The van der Waals surface area contributed by atoms with Crippen molar-refractivity contribution in [1.29, 1.82) is 0 Å². The lowest BCUT2D eigenvalue weighted by Crippen LogP contribution is -2.37. The van der Waals surface area contributed by atoms with E-state index in [2.05, 4.69) is 0 Å². The summed E-state index contributed by atoms with van der Waals surface area (Å²) in [6.07, 6.45) is 5.59. The molecule has 15 heavy (non-hydrogen) atoms. The first-order valence-corrected chi connectivity index (χ1v) is 7.03. The highest BCUT2D eigenvalue weighted by molar-refractivity contribution is 7.85. The summed E-state index contributed by atoms with van der Waals surface area (Å²) < 4.78 is 26.6. The van der Waals surface area contributed by atoms with Crippen molar-refractivity contribution in [3.8, 4) is 0 Å². The Labute approximate surface area is 91.1 Å². The second-order valence-corrected chi connectivity index (χ2v) is 6.01. The molecule has 0 heterocycles. The summed E-state index contributed by atoms with van der Waals surface area (Å²) in [7, 11) is -3.45. The summed E-state index contributed by atoms with van der Waals surface area (Å²) in [6, 6.07) is 0. The molecule has 0 N–H and O–H groups in total. The van der Waals surface area contributed by atoms with Crippen LogP contribution in [0.3, 0.4) is 0 Å². The fourth-order valence-corrected chi connectivity index (χ4v) is 2.49. The Bertz CT molecular complexity index is 325. The van der Waals surface area contributed by atoms with E-state index in [1.54, 1.807) is 0 Å². The topological polar surface area (TPSA) is 60.4 Å². The molecule has 0 unspecified atom stereocenters. The van der Waals surface area contributed by atoms with Gasteiger partial charge < -0.3 is 0 Å². The highest BCUT2D eigenvalue weighted by Crippen LogP contribution is 2.37. The van der Waals surface area contributed by atoms with Crippen LogP contribution >= 0.6 is 0 Å². The second kappa shape index (κ2) is 4.61. The highest BCUT2D eigenvalue weighted by Gasteiger charge is 2.37. The van der Waals surface area contributed by atoms with Gasteiger partial charge in [-0.25, -0.2) is 0 Å². The zero-order chi connectivity index (χ0) is 11.5. The van der Waals surface area contributed by atoms with Gasteiger partial charge in [0.2, 0.25) is 0 Å². The summed E-state index contributed by atoms with van der Waals surface area (Å²) >= 11 is 0. The molecule has 1 rings (SSSR count). The van der Waals surface area contributed by atoms with Crippen molar-refractivity contribution < 1.29 is 17.4 Å². The van der Waals surface area contributed by atoms with E-state index in [9.17, 15) is 13.2 Å². The van der Waals surface area contributed by atoms with Gasteiger partial charge >= 0.3 is 0 Å². The molecule has 1 fully saturated rings. The van der Waals surface area contributed by atoms with Gasteiger partial charge in [0, 0.05) is 0 Å². The van der Waals surface area contributed by atoms with Crippen molar-refractivity contribution in [3.05, 3.63) is 0 Å². The summed E-state index contributed by atoms with van der Waals surface area (Å²) in [5.74, 6) is 0.0471. The maximum Gasteiger partial charge on any atom is 0.264 e. The number of hydrogen-bond donors (Lipinski definition) is 0. The number of rotatable bonds is 4. The quantitative estimate of drug-likeness (QED) is 0.692. The van der Waals surface area contributed by atoms with E-state index in [1.165, 1.54) is 6.92 Å². The van der Waals surface area contributed by atoms with Crippen molar-refractivity contribution in [2.75, 3.05) is 12.9 Å². The largest absolute Gasteiger partial charge is 0.299 e. The zero-order valence-corrected chi connectivity index (χ0v) is 10.1. The molecule has 0 bridgehead atoms. The van der Waals surface area contributed by atoms with Gasteiger partial charge in [-0.15, -0.1) is 0 Å². The van der Waals surface area contributed by atoms with Gasteiger partial charge in [-0.1, -0.05) is 19.3 Å². The van der Waals surface area contributed by atoms with E-state index >= 15 is 0 Å². The van der Waals surface area contributed by atoms with E-state index in [0.717, 1.165) is 38.4 Å². The minimum Gasteiger partial charge on any atom is -0.299 e. The monoisotopic (exact) mass is 234 g/mol. The third-order valence-electron chi connectivity index (χ3n) is 3.11. The van der Waals surface area contributed by atoms with Crippen LogP contribution < -0.4 is 0 Å². The Hall–Kier alpha value is -0.420. The first-order valence-electron chi connectivity index (χ1n) is 5.21. The Kier molecular flexibility index (Phi) is 3.89. The molecule has 0 aromatic rings. The smallest absolute Gasteiger partial charge is 0.264 e. The molecule has 88 valence electrons. The fourth-order valence-electron chi connectivity index (χ4n) is 2.05. The summed E-state index contributed by atoms with van der Waals surface area (Å²) in [5.41, 5.74) is -0.554. The van der Waals surface area contributed by atoms with Crippen molar-refractivity contribution in [3.63, 3.8) is 0 Å². The molecule has 0 spiro atoms. The predicted molar refractivity (Wildman–Crippen MR) is 57.0 cm³/mol. The van der Waals surface area contributed by atoms with Crippen LogP contribution in [-0.4, -0.2) is 27.1 Å². The molecule has 1 saturated carbocycles. The summed E-state index contributed by atoms with van der Waals surface area (Å²) in [4.78, 5) is 11.6. The molecule has 0 atom stereocenters. The zero-order valence-electron chi connectivity index (χ0n) is 9.28. The lowest BCUT2D eigenvalue weighted by atomic mass is 9.72. The lowest BCUT2D eigenvalue weighted by molar-refractivity contribution is -0.130. The van der Waals surface area contributed by atoms with E-state index in [1.807, 2.05) is 0 Å². The molecule has 0 aliphatic heterocycles. The molecule has 0 radical (unpaired) electrons. The average molecular weight is 234 g/mol.